The minimum absolute atomic E-state index is 0.0863. The highest BCUT2D eigenvalue weighted by atomic mass is 32.1. The molecule has 156 valence electrons. The largest absolute Gasteiger partial charge is 0.367 e. The Morgan fingerprint density at radius 2 is 1.90 bits per heavy atom. The van der Waals surface area contributed by atoms with Gasteiger partial charge in [0.1, 0.15) is 5.82 Å². The zero-order valence-corrected chi connectivity index (χ0v) is 17.5. The minimum Gasteiger partial charge on any atom is -0.367 e. The van der Waals surface area contributed by atoms with Crippen LogP contribution in [0, 0.1) is 0 Å². The first-order valence-electron chi connectivity index (χ1n) is 9.92. The number of aromatic nitrogens is 2. The molecule has 7 nitrogen and oxygen atoms in total. The van der Waals surface area contributed by atoms with Crippen LogP contribution >= 0.6 is 11.3 Å². The summed E-state index contributed by atoms with van der Waals surface area (Å²) in [5.41, 5.74) is 0.795. The average Bonchev–Trinajstić information content (AvgIpc) is 3.47. The van der Waals surface area contributed by atoms with E-state index in [9.17, 15) is 9.59 Å². The summed E-state index contributed by atoms with van der Waals surface area (Å²) in [4.78, 5) is 28.0. The van der Waals surface area contributed by atoms with Gasteiger partial charge in [0.2, 0.25) is 0 Å². The quantitative estimate of drug-likeness (QED) is 0.654. The fourth-order valence-corrected chi connectivity index (χ4v) is 4.48. The number of piperidine rings is 1. The van der Waals surface area contributed by atoms with Gasteiger partial charge in [0.25, 0.3) is 11.8 Å². The smallest absolute Gasteiger partial charge is 0.263 e. The van der Waals surface area contributed by atoms with Crippen LogP contribution in [0.1, 0.15) is 40.2 Å². The molecule has 1 atom stereocenters. The second-order valence-corrected chi connectivity index (χ2v) is 8.13. The van der Waals surface area contributed by atoms with Crippen LogP contribution in [0.25, 0.3) is 0 Å². The molecule has 1 saturated heterocycles. The molecule has 1 aliphatic heterocycles. The van der Waals surface area contributed by atoms with Crippen molar-refractivity contribution in [3.05, 3.63) is 70.5 Å². The summed E-state index contributed by atoms with van der Waals surface area (Å²) in [7, 11) is 1.52. The van der Waals surface area contributed by atoms with Crippen molar-refractivity contribution in [3.63, 3.8) is 0 Å². The van der Waals surface area contributed by atoms with Crippen molar-refractivity contribution in [2.24, 2.45) is 0 Å². The molecule has 0 radical (unpaired) electrons. The number of benzene rings is 1. The van der Waals surface area contributed by atoms with Crippen molar-refractivity contribution in [3.8, 4) is 0 Å². The molecule has 3 heterocycles. The Balaban J connectivity index is 1.40. The first-order chi connectivity index (χ1) is 14.7. The summed E-state index contributed by atoms with van der Waals surface area (Å²) in [6.45, 7) is 1.33. The van der Waals surface area contributed by atoms with E-state index in [1.807, 2.05) is 57.4 Å². The molecule has 8 heteroatoms. The van der Waals surface area contributed by atoms with Crippen molar-refractivity contribution in [1.29, 1.82) is 0 Å². The molecule has 30 heavy (non-hydrogen) atoms. The number of nitrogens with zero attached hydrogens (tertiary/aromatic N) is 3. The van der Waals surface area contributed by atoms with E-state index in [4.69, 9.17) is 4.74 Å². The van der Waals surface area contributed by atoms with E-state index in [1.165, 1.54) is 18.4 Å². The molecule has 0 saturated carbocycles. The highest BCUT2D eigenvalue weighted by Gasteiger charge is 2.28. The number of rotatable bonds is 6. The van der Waals surface area contributed by atoms with Crippen molar-refractivity contribution < 1.29 is 14.3 Å². The molecule has 2 amide bonds. The summed E-state index contributed by atoms with van der Waals surface area (Å²) < 4.78 is 7.27. The van der Waals surface area contributed by atoms with E-state index < -0.39 is 6.10 Å². The number of thiophene rings is 1. The number of anilines is 1. The highest BCUT2D eigenvalue weighted by Crippen LogP contribution is 2.27. The van der Waals surface area contributed by atoms with Crippen molar-refractivity contribution >= 4 is 29.0 Å². The third-order valence-corrected chi connectivity index (χ3v) is 6.19. The molecule has 3 aromatic rings. The Bertz CT molecular complexity index is 979. The topological polar surface area (TPSA) is 76.5 Å². The maximum Gasteiger partial charge on any atom is 0.263 e. The molecule has 0 aliphatic carbocycles. The van der Waals surface area contributed by atoms with Gasteiger partial charge in [-0.25, -0.2) is 4.68 Å². The van der Waals surface area contributed by atoms with Crippen LogP contribution in [0.2, 0.25) is 0 Å². The second kappa shape index (κ2) is 9.23. The molecular weight excluding hydrogens is 400 g/mol. The van der Waals surface area contributed by atoms with E-state index in [0.29, 0.717) is 18.9 Å². The van der Waals surface area contributed by atoms with Gasteiger partial charge >= 0.3 is 0 Å². The van der Waals surface area contributed by atoms with Crippen molar-refractivity contribution in [2.75, 3.05) is 25.5 Å². The zero-order valence-electron chi connectivity index (χ0n) is 16.7. The van der Waals surface area contributed by atoms with E-state index >= 15 is 0 Å². The molecule has 1 N–H and O–H groups in total. The first kappa shape index (κ1) is 20.3. The fraction of sp³-hybridized carbons (Fsp3) is 0.318. The van der Waals surface area contributed by atoms with Crippen LogP contribution in [0.4, 0.5) is 5.82 Å². The minimum atomic E-state index is -0.695. The standard InChI is InChI=1S/C22H24N4O3S/c1-29-20(16-6-3-2-4-7-16)21(27)24-19-9-12-23-26(19)17-10-13-25(14-11-17)22(28)18-8-5-15-30-18/h2-9,12,15,17,20H,10-11,13-14H2,1H3,(H,24,27)/t20-/m1/s1. The van der Waals surface area contributed by atoms with Crippen LogP contribution in [-0.4, -0.2) is 46.7 Å². The summed E-state index contributed by atoms with van der Waals surface area (Å²) in [6.07, 6.45) is 2.56. The second-order valence-electron chi connectivity index (χ2n) is 7.18. The lowest BCUT2D eigenvalue weighted by atomic mass is 10.0. The Morgan fingerprint density at radius 1 is 1.13 bits per heavy atom. The molecule has 0 bridgehead atoms. The SMILES string of the molecule is CO[C@@H](C(=O)Nc1ccnn1C1CCN(C(=O)c2cccs2)CC1)c1ccccc1. The lowest BCUT2D eigenvalue weighted by molar-refractivity contribution is -0.126. The van der Waals surface area contributed by atoms with Crippen LogP contribution < -0.4 is 5.32 Å². The molecule has 1 fully saturated rings. The zero-order chi connectivity index (χ0) is 20.9. The molecule has 2 aromatic heterocycles. The van der Waals surface area contributed by atoms with Gasteiger partial charge in [0.05, 0.1) is 17.1 Å². The number of nitrogens with one attached hydrogen (secondary N) is 1. The van der Waals surface area contributed by atoms with Gasteiger partial charge in [0, 0.05) is 26.3 Å². The summed E-state index contributed by atoms with van der Waals surface area (Å²) in [5, 5.41) is 9.30. The third-order valence-electron chi connectivity index (χ3n) is 5.33. The Morgan fingerprint density at radius 3 is 2.57 bits per heavy atom. The number of hydrogen-bond acceptors (Lipinski definition) is 5. The molecule has 1 aromatic carbocycles. The van der Waals surface area contributed by atoms with Crippen molar-refractivity contribution in [2.45, 2.75) is 25.0 Å². The maximum absolute atomic E-state index is 12.8. The predicted octanol–water partition coefficient (Wildman–Crippen LogP) is 3.75. The Labute approximate surface area is 179 Å². The van der Waals surface area contributed by atoms with Crippen molar-refractivity contribution in [1.82, 2.24) is 14.7 Å². The monoisotopic (exact) mass is 424 g/mol. The van der Waals surface area contributed by atoms with Gasteiger partial charge in [-0.1, -0.05) is 36.4 Å². The number of carbonyl (C=O) groups is 2. The first-order valence-corrected chi connectivity index (χ1v) is 10.8. The lowest BCUT2D eigenvalue weighted by Gasteiger charge is -2.32. The van der Waals surface area contributed by atoms with Gasteiger partial charge in [-0.2, -0.15) is 5.10 Å². The molecule has 1 aliphatic rings. The van der Waals surface area contributed by atoms with Crippen LogP contribution in [0.5, 0.6) is 0 Å². The fourth-order valence-electron chi connectivity index (χ4n) is 3.79. The number of ether oxygens (including phenoxy) is 1. The van der Waals surface area contributed by atoms with Gasteiger partial charge in [-0.3, -0.25) is 9.59 Å². The van der Waals surface area contributed by atoms with E-state index in [2.05, 4.69) is 10.4 Å². The molecule has 0 spiro atoms. The van der Waals surface area contributed by atoms with Crippen LogP contribution in [0.15, 0.2) is 60.1 Å². The van der Waals surface area contributed by atoms with E-state index in [1.54, 1.807) is 12.3 Å². The Hall–Kier alpha value is -2.97. The van der Waals surface area contributed by atoms with Gasteiger partial charge in [-0.05, 0) is 29.9 Å². The van der Waals surface area contributed by atoms with E-state index in [0.717, 1.165) is 23.3 Å². The number of amides is 2. The van der Waals surface area contributed by atoms with Gasteiger partial charge in [0.15, 0.2) is 6.10 Å². The third kappa shape index (κ3) is 4.29. The van der Waals surface area contributed by atoms with E-state index in [-0.39, 0.29) is 17.9 Å². The maximum atomic E-state index is 12.8. The summed E-state index contributed by atoms with van der Waals surface area (Å²) in [5.74, 6) is 0.486. The number of methoxy groups -OCH3 is 1. The summed E-state index contributed by atoms with van der Waals surface area (Å²) >= 11 is 1.47. The van der Waals surface area contributed by atoms with Crippen LogP contribution in [-0.2, 0) is 9.53 Å². The summed E-state index contributed by atoms with van der Waals surface area (Å²) in [6, 6.07) is 15.1. The predicted molar refractivity (Wildman–Crippen MR) is 116 cm³/mol. The molecule has 4 rings (SSSR count). The normalized spacial score (nSPS) is 15.7. The number of carbonyl (C=O) groups excluding carboxylic acids is 2. The average molecular weight is 425 g/mol. The number of likely N-dealkylation sites (tertiary alicyclic amines) is 1. The Kier molecular flexibility index (Phi) is 6.25. The highest BCUT2D eigenvalue weighted by molar-refractivity contribution is 7.12. The molecule has 0 unspecified atom stereocenters. The van der Waals surface area contributed by atoms with Gasteiger partial charge in [-0.15, -0.1) is 11.3 Å². The number of hydrogen-bond donors (Lipinski definition) is 1. The van der Waals surface area contributed by atoms with Gasteiger partial charge < -0.3 is 15.0 Å². The van der Waals surface area contributed by atoms with Crippen LogP contribution in [0.3, 0.4) is 0 Å². The molecular formula is C22H24N4O3S. The lowest BCUT2D eigenvalue weighted by Crippen LogP contribution is -2.39.